The minimum absolute atomic E-state index is 0.0242. The minimum atomic E-state index is -0.701. The summed E-state index contributed by atoms with van der Waals surface area (Å²) >= 11 is 0. The SMILES string of the molecule is CC1=CCCN(C(=O)c2cccc([N+](=O)[O-])c2O)C1. The maximum atomic E-state index is 12.3. The van der Waals surface area contributed by atoms with Gasteiger partial charge in [0.1, 0.15) is 0 Å². The number of hydrogen-bond acceptors (Lipinski definition) is 4. The van der Waals surface area contributed by atoms with Crippen LogP contribution in [-0.4, -0.2) is 33.9 Å². The van der Waals surface area contributed by atoms with E-state index < -0.39 is 16.4 Å². The van der Waals surface area contributed by atoms with Crippen LogP contribution in [0.25, 0.3) is 0 Å². The number of rotatable bonds is 2. The van der Waals surface area contributed by atoms with Gasteiger partial charge in [-0.05, 0) is 19.4 Å². The van der Waals surface area contributed by atoms with Crippen molar-refractivity contribution in [1.29, 1.82) is 0 Å². The van der Waals surface area contributed by atoms with Crippen LogP contribution in [0.1, 0.15) is 23.7 Å². The van der Waals surface area contributed by atoms with E-state index in [9.17, 15) is 20.0 Å². The van der Waals surface area contributed by atoms with Gasteiger partial charge in [-0.1, -0.05) is 17.7 Å². The Kier molecular flexibility index (Phi) is 3.50. The van der Waals surface area contributed by atoms with E-state index in [1.54, 1.807) is 4.90 Å². The standard InChI is InChI=1S/C13H14N2O4/c1-9-4-3-7-14(8-9)13(17)10-5-2-6-11(12(10)16)15(18)19/h2,4-6,16H,3,7-8H2,1H3. The van der Waals surface area contributed by atoms with E-state index in [1.807, 2.05) is 6.92 Å². The number of carbonyl (C=O) groups is 1. The highest BCUT2D eigenvalue weighted by atomic mass is 16.6. The van der Waals surface area contributed by atoms with Gasteiger partial charge in [0, 0.05) is 19.2 Å². The molecule has 1 aliphatic rings. The summed E-state index contributed by atoms with van der Waals surface area (Å²) in [7, 11) is 0. The molecule has 19 heavy (non-hydrogen) atoms. The van der Waals surface area contributed by atoms with Crippen LogP contribution in [0.3, 0.4) is 0 Å². The fourth-order valence-corrected chi connectivity index (χ4v) is 2.11. The second kappa shape index (κ2) is 5.09. The Morgan fingerprint density at radius 2 is 2.21 bits per heavy atom. The predicted molar refractivity (Wildman–Crippen MR) is 69.0 cm³/mol. The second-order valence-electron chi connectivity index (χ2n) is 4.50. The molecule has 100 valence electrons. The van der Waals surface area contributed by atoms with Crippen LogP contribution >= 0.6 is 0 Å². The average Bonchev–Trinajstić information content (AvgIpc) is 2.38. The number of aromatic hydroxyl groups is 1. The van der Waals surface area contributed by atoms with E-state index in [0.717, 1.165) is 12.0 Å². The molecule has 1 N–H and O–H groups in total. The molecule has 0 radical (unpaired) electrons. The zero-order chi connectivity index (χ0) is 14.0. The molecule has 0 atom stereocenters. The summed E-state index contributed by atoms with van der Waals surface area (Å²) in [5.41, 5.74) is 0.601. The largest absolute Gasteiger partial charge is 0.502 e. The summed E-state index contributed by atoms with van der Waals surface area (Å²) in [5.74, 6) is -0.946. The summed E-state index contributed by atoms with van der Waals surface area (Å²) in [5, 5.41) is 20.6. The molecule has 1 aromatic carbocycles. The summed E-state index contributed by atoms with van der Waals surface area (Å²) < 4.78 is 0. The van der Waals surface area contributed by atoms with Crippen molar-refractivity contribution in [2.24, 2.45) is 0 Å². The Balaban J connectivity index is 2.32. The van der Waals surface area contributed by atoms with Gasteiger partial charge in [-0.3, -0.25) is 14.9 Å². The molecule has 0 fully saturated rings. The molecule has 0 aliphatic carbocycles. The number of nitro benzene ring substituents is 1. The number of nitrogens with zero attached hydrogens (tertiary/aromatic N) is 2. The fourth-order valence-electron chi connectivity index (χ4n) is 2.11. The normalized spacial score (nSPS) is 15.0. The maximum Gasteiger partial charge on any atom is 0.311 e. The third kappa shape index (κ3) is 2.57. The van der Waals surface area contributed by atoms with Crippen molar-refractivity contribution in [3.05, 3.63) is 45.5 Å². The molecule has 1 aromatic rings. The number of phenolic OH excluding ortho intramolecular Hbond substituents is 1. The van der Waals surface area contributed by atoms with Crippen LogP contribution in [0.4, 0.5) is 5.69 Å². The molecule has 1 heterocycles. The molecule has 6 nitrogen and oxygen atoms in total. The fraction of sp³-hybridized carbons (Fsp3) is 0.308. The number of hydrogen-bond donors (Lipinski definition) is 1. The Labute approximate surface area is 110 Å². The molecule has 1 aliphatic heterocycles. The first-order chi connectivity index (χ1) is 9.00. The van der Waals surface area contributed by atoms with E-state index in [-0.39, 0.29) is 11.5 Å². The Morgan fingerprint density at radius 3 is 2.84 bits per heavy atom. The summed E-state index contributed by atoms with van der Waals surface area (Å²) in [6.07, 6.45) is 2.81. The Hall–Kier alpha value is -2.37. The van der Waals surface area contributed by atoms with Gasteiger partial charge in [0.25, 0.3) is 5.91 Å². The quantitative estimate of drug-likeness (QED) is 0.502. The molecule has 1 amide bonds. The molecular formula is C13H14N2O4. The van der Waals surface area contributed by atoms with Gasteiger partial charge in [0.15, 0.2) is 0 Å². The van der Waals surface area contributed by atoms with Crippen molar-refractivity contribution in [2.45, 2.75) is 13.3 Å². The smallest absolute Gasteiger partial charge is 0.311 e. The summed E-state index contributed by atoms with van der Waals surface area (Å²) in [6, 6.07) is 3.98. The Bertz CT molecular complexity index is 566. The molecule has 6 heteroatoms. The van der Waals surface area contributed by atoms with Crippen LogP contribution in [-0.2, 0) is 0 Å². The van der Waals surface area contributed by atoms with Crippen LogP contribution in [0.2, 0.25) is 0 Å². The topological polar surface area (TPSA) is 83.7 Å². The van der Waals surface area contributed by atoms with Crippen molar-refractivity contribution >= 4 is 11.6 Å². The van der Waals surface area contributed by atoms with Gasteiger partial charge < -0.3 is 10.0 Å². The van der Waals surface area contributed by atoms with E-state index in [2.05, 4.69) is 6.08 Å². The molecule has 0 saturated heterocycles. The third-order valence-electron chi connectivity index (χ3n) is 3.06. The van der Waals surface area contributed by atoms with Gasteiger partial charge >= 0.3 is 5.69 Å². The number of nitro groups is 1. The third-order valence-corrected chi connectivity index (χ3v) is 3.06. The second-order valence-corrected chi connectivity index (χ2v) is 4.50. The van der Waals surface area contributed by atoms with E-state index in [0.29, 0.717) is 13.1 Å². The lowest BCUT2D eigenvalue weighted by Gasteiger charge is -2.26. The van der Waals surface area contributed by atoms with E-state index in [1.165, 1.54) is 18.2 Å². The van der Waals surface area contributed by atoms with Crippen LogP contribution < -0.4 is 0 Å². The number of carbonyl (C=O) groups excluding carboxylic acids is 1. The highest BCUT2D eigenvalue weighted by Gasteiger charge is 2.25. The van der Waals surface area contributed by atoms with Crippen molar-refractivity contribution in [3.8, 4) is 5.75 Å². The number of benzene rings is 1. The molecule has 0 aromatic heterocycles. The van der Waals surface area contributed by atoms with E-state index >= 15 is 0 Å². The first kappa shape index (κ1) is 13.1. The minimum Gasteiger partial charge on any atom is -0.502 e. The number of phenols is 1. The number of amides is 1. The van der Waals surface area contributed by atoms with E-state index in [4.69, 9.17) is 0 Å². The predicted octanol–water partition coefficient (Wildman–Crippen LogP) is 2.09. The zero-order valence-corrected chi connectivity index (χ0v) is 10.5. The molecule has 0 saturated carbocycles. The first-order valence-corrected chi connectivity index (χ1v) is 5.92. The highest BCUT2D eigenvalue weighted by molar-refractivity contribution is 5.98. The van der Waals surface area contributed by atoms with Crippen LogP contribution in [0.5, 0.6) is 5.75 Å². The number of para-hydroxylation sites is 1. The van der Waals surface area contributed by atoms with Gasteiger partial charge in [-0.2, -0.15) is 0 Å². The van der Waals surface area contributed by atoms with Crippen LogP contribution in [0.15, 0.2) is 29.8 Å². The first-order valence-electron chi connectivity index (χ1n) is 5.92. The lowest BCUT2D eigenvalue weighted by atomic mass is 10.1. The molecule has 0 bridgehead atoms. The van der Waals surface area contributed by atoms with Crippen LogP contribution in [0, 0.1) is 10.1 Å². The highest BCUT2D eigenvalue weighted by Crippen LogP contribution is 2.30. The van der Waals surface area contributed by atoms with Crippen molar-refractivity contribution < 1.29 is 14.8 Å². The molecule has 2 rings (SSSR count). The van der Waals surface area contributed by atoms with Gasteiger partial charge in [0.2, 0.25) is 5.75 Å². The molecular weight excluding hydrogens is 248 g/mol. The summed E-state index contributed by atoms with van der Waals surface area (Å²) in [4.78, 5) is 23.9. The monoisotopic (exact) mass is 262 g/mol. The molecule has 0 unspecified atom stereocenters. The maximum absolute atomic E-state index is 12.3. The van der Waals surface area contributed by atoms with Gasteiger partial charge in [0.05, 0.1) is 10.5 Å². The lowest BCUT2D eigenvalue weighted by molar-refractivity contribution is -0.385. The van der Waals surface area contributed by atoms with Gasteiger partial charge in [-0.15, -0.1) is 0 Å². The lowest BCUT2D eigenvalue weighted by Crippen LogP contribution is -2.35. The van der Waals surface area contributed by atoms with Crippen molar-refractivity contribution in [3.63, 3.8) is 0 Å². The van der Waals surface area contributed by atoms with Crippen molar-refractivity contribution in [2.75, 3.05) is 13.1 Å². The summed E-state index contributed by atoms with van der Waals surface area (Å²) in [6.45, 7) is 2.96. The van der Waals surface area contributed by atoms with Gasteiger partial charge in [-0.25, -0.2) is 0 Å². The van der Waals surface area contributed by atoms with Crippen molar-refractivity contribution in [1.82, 2.24) is 4.90 Å². The molecule has 0 spiro atoms. The average molecular weight is 262 g/mol. The Morgan fingerprint density at radius 1 is 1.47 bits per heavy atom. The zero-order valence-electron chi connectivity index (χ0n) is 10.5.